The summed E-state index contributed by atoms with van der Waals surface area (Å²) in [6, 6.07) is 0.770. The molecule has 0 amide bonds. The minimum Gasteiger partial charge on any atom is -0.480 e. The summed E-state index contributed by atoms with van der Waals surface area (Å²) >= 11 is 3.21. The van der Waals surface area contributed by atoms with Gasteiger partial charge in [0.1, 0.15) is 12.3 Å². The molecule has 0 aromatic carbocycles. The predicted octanol–water partition coefficient (Wildman–Crippen LogP) is 1.30. The van der Waals surface area contributed by atoms with Crippen molar-refractivity contribution in [1.82, 2.24) is 4.98 Å². The van der Waals surface area contributed by atoms with Crippen LogP contribution >= 0.6 is 15.9 Å². The molecule has 0 bridgehead atoms. The number of nitrogens with one attached hydrogen (secondary N) is 1. The molecule has 15 heavy (non-hydrogen) atoms. The number of rotatable bonds is 5. The third-order valence-electron chi connectivity index (χ3n) is 1.68. The summed E-state index contributed by atoms with van der Waals surface area (Å²) in [4.78, 5) is 24.8. The van der Waals surface area contributed by atoms with Gasteiger partial charge in [-0.15, -0.1) is 0 Å². The molecule has 0 aliphatic rings. The third-order valence-corrected chi connectivity index (χ3v) is 2.11. The van der Waals surface area contributed by atoms with Gasteiger partial charge in [0.2, 0.25) is 0 Å². The molecule has 0 spiro atoms. The van der Waals surface area contributed by atoms with E-state index in [0.717, 1.165) is 4.47 Å². The molecule has 0 aliphatic heterocycles. The fourth-order valence-electron chi connectivity index (χ4n) is 1.01. The van der Waals surface area contributed by atoms with Crippen LogP contribution < -0.4 is 5.32 Å². The zero-order chi connectivity index (χ0) is 11.3. The standard InChI is InChI=1S/C9H9BrN2O3/c10-6-3-7(5-11-4-6)12-8(1-2-13)9(14)15/h2-5,8,12H,1H2,(H,14,15). The van der Waals surface area contributed by atoms with Gasteiger partial charge in [-0.1, -0.05) is 0 Å². The molecule has 0 aliphatic carbocycles. The van der Waals surface area contributed by atoms with Crippen molar-refractivity contribution in [1.29, 1.82) is 0 Å². The van der Waals surface area contributed by atoms with E-state index in [1.165, 1.54) is 6.20 Å². The van der Waals surface area contributed by atoms with Crippen LogP contribution in [0.4, 0.5) is 5.69 Å². The van der Waals surface area contributed by atoms with Crippen LogP contribution in [-0.2, 0) is 9.59 Å². The Hall–Kier alpha value is -1.43. The van der Waals surface area contributed by atoms with Crippen molar-refractivity contribution >= 4 is 33.9 Å². The highest BCUT2D eigenvalue weighted by Gasteiger charge is 2.16. The van der Waals surface area contributed by atoms with Gasteiger partial charge in [0.25, 0.3) is 0 Å². The summed E-state index contributed by atoms with van der Waals surface area (Å²) < 4.78 is 0.739. The Balaban J connectivity index is 2.73. The topological polar surface area (TPSA) is 79.3 Å². The quantitative estimate of drug-likeness (QED) is 0.790. The number of pyridine rings is 1. The van der Waals surface area contributed by atoms with Crippen molar-refractivity contribution in [3.8, 4) is 0 Å². The first-order valence-electron chi connectivity index (χ1n) is 4.17. The van der Waals surface area contributed by atoms with Crippen molar-refractivity contribution in [3.63, 3.8) is 0 Å². The van der Waals surface area contributed by atoms with E-state index in [1.807, 2.05) is 0 Å². The van der Waals surface area contributed by atoms with E-state index in [1.54, 1.807) is 12.3 Å². The number of anilines is 1. The van der Waals surface area contributed by atoms with Crippen LogP contribution in [0, 0.1) is 0 Å². The van der Waals surface area contributed by atoms with Gasteiger partial charge in [0.15, 0.2) is 0 Å². The number of halogens is 1. The average molecular weight is 273 g/mol. The van der Waals surface area contributed by atoms with Crippen molar-refractivity contribution in [2.75, 3.05) is 5.32 Å². The van der Waals surface area contributed by atoms with E-state index >= 15 is 0 Å². The van der Waals surface area contributed by atoms with E-state index in [2.05, 4.69) is 26.2 Å². The monoisotopic (exact) mass is 272 g/mol. The second-order valence-corrected chi connectivity index (χ2v) is 3.75. The summed E-state index contributed by atoms with van der Waals surface area (Å²) in [6.07, 6.45) is 3.56. The molecule has 1 aromatic rings. The predicted molar refractivity (Wildman–Crippen MR) is 57.7 cm³/mol. The lowest BCUT2D eigenvalue weighted by Gasteiger charge is -2.12. The Kier molecular flexibility index (Phi) is 4.23. The lowest BCUT2D eigenvalue weighted by atomic mass is 10.2. The Morgan fingerprint density at radius 2 is 2.40 bits per heavy atom. The van der Waals surface area contributed by atoms with Gasteiger partial charge in [-0.25, -0.2) is 4.79 Å². The molecular formula is C9H9BrN2O3. The molecule has 5 nitrogen and oxygen atoms in total. The number of carbonyl (C=O) groups excluding carboxylic acids is 1. The van der Waals surface area contributed by atoms with Gasteiger partial charge in [-0.2, -0.15) is 0 Å². The van der Waals surface area contributed by atoms with Gasteiger partial charge in [0.05, 0.1) is 11.9 Å². The summed E-state index contributed by atoms with van der Waals surface area (Å²) in [7, 11) is 0. The highest BCUT2D eigenvalue weighted by atomic mass is 79.9. The first-order valence-corrected chi connectivity index (χ1v) is 4.96. The Bertz CT molecular complexity index is 370. The molecule has 1 heterocycles. The molecule has 0 radical (unpaired) electrons. The van der Waals surface area contributed by atoms with Crippen LogP contribution in [-0.4, -0.2) is 28.4 Å². The molecule has 1 unspecified atom stereocenters. The Labute approximate surface area is 94.6 Å². The molecule has 0 saturated heterocycles. The van der Waals surface area contributed by atoms with Crippen LogP contribution in [0.25, 0.3) is 0 Å². The van der Waals surface area contributed by atoms with Gasteiger partial charge < -0.3 is 15.2 Å². The first kappa shape index (κ1) is 11.6. The van der Waals surface area contributed by atoms with Gasteiger partial charge in [0, 0.05) is 17.1 Å². The van der Waals surface area contributed by atoms with Crippen LogP contribution in [0.2, 0.25) is 0 Å². The van der Waals surface area contributed by atoms with Gasteiger partial charge in [-0.05, 0) is 22.0 Å². The summed E-state index contributed by atoms with van der Waals surface area (Å²) in [5.74, 6) is -1.07. The number of carboxylic acids is 1. The number of hydrogen-bond donors (Lipinski definition) is 2. The molecule has 2 N–H and O–H groups in total. The van der Waals surface area contributed by atoms with Crippen LogP contribution in [0.15, 0.2) is 22.9 Å². The highest BCUT2D eigenvalue weighted by Crippen LogP contribution is 2.14. The first-order chi connectivity index (χ1) is 7.13. The summed E-state index contributed by atoms with van der Waals surface area (Å²) in [5, 5.41) is 11.5. The minimum atomic E-state index is -1.07. The largest absolute Gasteiger partial charge is 0.480 e. The van der Waals surface area contributed by atoms with E-state index in [-0.39, 0.29) is 6.42 Å². The SMILES string of the molecule is O=CCC(Nc1cncc(Br)c1)C(=O)O. The zero-order valence-electron chi connectivity index (χ0n) is 7.68. The molecule has 1 aromatic heterocycles. The number of aromatic nitrogens is 1. The number of aliphatic carboxylic acids is 1. The number of carbonyl (C=O) groups is 2. The molecule has 0 saturated carbocycles. The lowest BCUT2D eigenvalue weighted by Crippen LogP contribution is -2.29. The van der Waals surface area contributed by atoms with Crippen molar-refractivity contribution in [3.05, 3.63) is 22.9 Å². The maximum atomic E-state index is 10.7. The fourth-order valence-corrected chi connectivity index (χ4v) is 1.37. The van der Waals surface area contributed by atoms with E-state index < -0.39 is 12.0 Å². The zero-order valence-corrected chi connectivity index (χ0v) is 9.27. The Morgan fingerprint density at radius 3 is 2.93 bits per heavy atom. The van der Waals surface area contributed by atoms with Gasteiger partial charge >= 0.3 is 5.97 Å². The van der Waals surface area contributed by atoms with Crippen LogP contribution in [0.5, 0.6) is 0 Å². The fraction of sp³-hybridized carbons (Fsp3) is 0.222. The summed E-state index contributed by atoms with van der Waals surface area (Å²) in [6.45, 7) is 0. The van der Waals surface area contributed by atoms with E-state index in [4.69, 9.17) is 5.11 Å². The number of hydrogen-bond acceptors (Lipinski definition) is 4. The normalized spacial score (nSPS) is 11.8. The molecule has 0 fully saturated rings. The molecular weight excluding hydrogens is 264 g/mol. The van der Waals surface area contributed by atoms with Crippen molar-refractivity contribution < 1.29 is 14.7 Å². The lowest BCUT2D eigenvalue weighted by molar-refractivity contribution is -0.138. The number of nitrogens with zero attached hydrogens (tertiary/aromatic N) is 1. The summed E-state index contributed by atoms with van der Waals surface area (Å²) in [5.41, 5.74) is 0.554. The molecule has 1 rings (SSSR count). The number of carboxylic acid groups (broad SMARTS) is 1. The van der Waals surface area contributed by atoms with Crippen LogP contribution in [0.3, 0.4) is 0 Å². The minimum absolute atomic E-state index is 0.0815. The maximum Gasteiger partial charge on any atom is 0.326 e. The van der Waals surface area contributed by atoms with E-state index in [9.17, 15) is 9.59 Å². The van der Waals surface area contributed by atoms with Crippen molar-refractivity contribution in [2.24, 2.45) is 0 Å². The second kappa shape index (κ2) is 5.45. The highest BCUT2D eigenvalue weighted by molar-refractivity contribution is 9.10. The maximum absolute atomic E-state index is 10.7. The smallest absolute Gasteiger partial charge is 0.326 e. The van der Waals surface area contributed by atoms with E-state index in [0.29, 0.717) is 12.0 Å². The second-order valence-electron chi connectivity index (χ2n) is 2.83. The number of aldehydes is 1. The third kappa shape index (κ3) is 3.67. The van der Waals surface area contributed by atoms with Gasteiger partial charge in [-0.3, -0.25) is 4.98 Å². The Morgan fingerprint density at radius 1 is 1.67 bits per heavy atom. The molecule has 80 valence electrons. The molecule has 1 atom stereocenters. The molecule has 6 heteroatoms. The van der Waals surface area contributed by atoms with Crippen molar-refractivity contribution in [2.45, 2.75) is 12.5 Å². The average Bonchev–Trinajstić information content (AvgIpc) is 2.17. The van der Waals surface area contributed by atoms with Crippen LogP contribution in [0.1, 0.15) is 6.42 Å².